The molecule has 0 amide bonds. The van der Waals surface area contributed by atoms with E-state index in [2.05, 4.69) is 4.52 Å². The summed E-state index contributed by atoms with van der Waals surface area (Å²) in [5, 5.41) is 124. The van der Waals surface area contributed by atoms with Crippen molar-refractivity contribution in [1.82, 2.24) is 0 Å². The van der Waals surface area contributed by atoms with Gasteiger partial charge in [0.25, 0.3) is 0 Å². The van der Waals surface area contributed by atoms with Crippen molar-refractivity contribution in [2.45, 2.75) is 123 Å². The minimum absolute atomic E-state index is 0.792. The van der Waals surface area contributed by atoms with Crippen LogP contribution in [0.3, 0.4) is 0 Å². The van der Waals surface area contributed by atoms with Gasteiger partial charge in [-0.2, -0.15) is 0 Å². The topological polar surface area (TPSA) is 400 Å². The van der Waals surface area contributed by atoms with E-state index in [0.29, 0.717) is 0 Å². The molecule has 20 atom stereocenters. The van der Waals surface area contributed by atoms with Crippen LogP contribution in [0.1, 0.15) is 0 Å². The lowest BCUT2D eigenvalue weighted by atomic mass is 9.96. The van der Waals surface area contributed by atoms with Crippen LogP contribution in [0.5, 0.6) is 0 Å². The van der Waals surface area contributed by atoms with Crippen molar-refractivity contribution in [1.29, 1.82) is 0 Å². The highest BCUT2D eigenvalue weighted by atomic mass is 31.2. The van der Waals surface area contributed by atoms with E-state index in [-0.39, 0.29) is 0 Å². The molecule has 4 heterocycles. The molecule has 0 bridgehead atoms. The molecule has 49 heavy (non-hydrogen) atoms. The lowest BCUT2D eigenvalue weighted by Gasteiger charge is -2.47. The van der Waals surface area contributed by atoms with Gasteiger partial charge in [-0.05, 0) is 0 Å². The van der Waals surface area contributed by atoms with Gasteiger partial charge in [0.1, 0.15) is 91.6 Å². The molecule has 1 unspecified atom stereocenters. The minimum Gasteiger partial charge on any atom is -0.394 e. The Morgan fingerprint density at radius 3 is 1.51 bits per heavy atom. The summed E-state index contributed by atoms with van der Waals surface area (Å²) in [5.41, 5.74) is 5.69. The number of hydrogen-bond donors (Lipinski definition) is 15. The van der Waals surface area contributed by atoms with Crippen LogP contribution < -0.4 is 5.73 Å². The van der Waals surface area contributed by atoms with Crippen molar-refractivity contribution in [2.24, 2.45) is 5.73 Å². The molecule has 0 saturated carbocycles. The van der Waals surface area contributed by atoms with Crippen LogP contribution in [0.4, 0.5) is 0 Å². The average molecular weight is 746 g/mol. The Morgan fingerprint density at radius 2 is 1.00 bits per heavy atom. The smallest absolute Gasteiger partial charge is 0.394 e. The van der Waals surface area contributed by atoms with E-state index in [1.807, 2.05) is 0 Å². The Balaban J connectivity index is 1.49. The fraction of sp³-hybridized carbons (Fsp3) is 1.00. The number of hydrogen-bond acceptors (Lipinski definition) is 22. The van der Waals surface area contributed by atoms with Crippen molar-refractivity contribution < 1.29 is 113 Å². The maximum absolute atomic E-state index is 11.1. The maximum atomic E-state index is 11.1. The molecule has 16 N–H and O–H groups in total. The van der Waals surface area contributed by atoms with Crippen molar-refractivity contribution in [2.75, 3.05) is 26.4 Å². The van der Waals surface area contributed by atoms with Crippen molar-refractivity contribution in [3.8, 4) is 0 Å². The molecular weight excluding hydrogens is 701 g/mol. The zero-order valence-corrected chi connectivity index (χ0v) is 26.2. The predicted molar refractivity (Wildman–Crippen MR) is 147 cm³/mol. The van der Waals surface area contributed by atoms with Crippen molar-refractivity contribution in [3.63, 3.8) is 0 Å². The normalized spacial score (nSPS) is 49.9. The Labute approximate surface area is 276 Å². The van der Waals surface area contributed by atoms with E-state index in [1.54, 1.807) is 0 Å². The summed E-state index contributed by atoms with van der Waals surface area (Å²) < 4.78 is 53.6. The van der Waals surface area contributed by atoms with Crippen LogP contribution in [-0.2, 0) is 42.2 Å². The van der Waals surface area contributed by atoms with Gasteiger partial charge in [0.2, 0.25) is 0 Å². The Hall–Kier alpha value is -0.690. The number of ether oxygens (including phenoxy) is 7. The quantitative estimate of drug-likeness (QED) is 0.0824. The number of phosphoric acid groups is 1. The first-order chi connectivity index (χ1) is 22.9. The zero-order chi connectivity index (χ0) is 36.5. The number of aliphatic hydroxyl groups excluding tert-OH is 12. The molecule has 0 radical (unpaired) electrons. The molecule has 4 fully saturated rings. The van der Waals surface area contributed by atoms with Gasteiger partial charge in [-0.15, -0.1) is 0 Å². The third-order valence-electron chi connectivity index (χ3n) is 8.50. The number of aliphatic hydroxyl groups is 12. The standard InChI is InChI=1S/C24H44NO23P/c25-9-13(31)19(6(2-27)43-21(9)37)47-22-17(35)14(32)11(29)7(45-22)3-41-24-20(16(34)10(28)5(1-26)44-24)48-23-18(36)15(33)12(30)8(46-23)4-42-49(38,39)40/h5-24,26-37H,1-4,25H2,(H2,38,39,40)/t5-,6-,7-,8-,9-,10-,11-,12-,13-,14+,15+,16+,17+,18+,19-,20+,21?,22-,23-,24+/m1/s1. The molecule has 0 spiro atoms. The number of rotatable bonds is 12. The fourth-order valence-corrected chi connectivity index (χ4v) is 5.95. The van der Waals surface area contributed by atoms with E-state index < -0.39 is 157 Å². The van der Waals surface area contributed by atoms with Gasteiger partial charge in [0.15, 0.2) is 25.2 Å². The lowest BCUT2D eigenvalue weighted by Crippen LogP contribution is -2.66. The summed E-state index contributed by atoms with van der Waals surface area (Å²) in [6.07, 6.45) is -34.4. The Kier molecular flexibility index (Phi) is 14.2. The van der Waals surface area contributed by atoms with Gasteiger partial charge in [0.05, 0.1) is 32.5 Å². The molecule has 24 nitrogen and oxygen atoms in total. The molecule has 4 aliphatic rings. The van der Waals surface area contributed by atoms with E-state index in [9.17, 15) is 65.8 Å². The highest BCUT2D eigenvalue weighted by Crippen LogP contribution is 2.38. The third-order valence-corrected chi connectivity index (χ3v) is 8.98. The summed E-state index contributed by atoms with van der Waals surface area (Å²) in [6.45, 7) is -3.47. The Bertz CT molecular complexity index is 1090. The third kappa shape index (κ3) is 9.28. The van der Waals surface area contributed by atoms with E-state index >= 15 is 0 Å². The van der Waals surface area contributed by atoms with Gasteiger partial charge >= 0.3 is 7.82 Å². The van der Waals surface area contributed by atoms with Crippen molar-refractivity contribution >= 4 is 7.82 Å². The molecule has 4 aliphatic heterocycles. The second kappa shape index (κ2) is 17.0. The zero-order valence-electron chi connectivity index (χ0n) is 25.3. The number of nitrogens with two attached hydrogens (primary N) is 1. The lowest BCUT2D eigenvalue weighted by molar-refractivity contribution is -0.376. The van der Waals surface area contributed by atoms with Crippen LogP contribution in [0.15, 0.2) is 0 Å². The first kappa shape index (κ1) is 41.1. The minimum atomic E-state index is -5.08. The summed E-state index contributed by atoms with van der Waals surface area (Å²) in [4.78, 5) is 18.0. The first-order valence-electron chi connectivity index (χ1n) is 14.9. The van der Waals surface area contributed by atoms with Gasteiger partial charge in [-0.25, -0.2) is 4.57 Å². The van der Waals surface area contributed by atoms with E-state index in [0.717, 1.165) is 0 Å². The summed E-state index contributed by atoms with van der Waals surface area (Å²) in [6, 6.07) is -1.42. The van der Waals surface area contributed by atoms with Crippen LogP contribution in [0, 0.1) is 0 Å². The first-order valence-corrected chi connectivity index (χ1v) is 16.5. The monoisotopic (exact) mass is 745 g/mol. The molecule has 0 aromatic rings. The van der Waals surface area contributed by atoms with Gasteiger partial charge in [-0.1, -0.05) is 0 Å². The molecule has 0 aromatic heterocycles. The summed E-state index contributed by atoms with van der Waals surface area (Å²) >= 11 is 0. The summed E-state index contributed by atoms with van der Waals surface area (Å²) in [7, 11) is -5.08. The summed E-state index contributed by atoms with van der Waals surface area (Å²) in [5.74, 6) is 0. The largest absolute Gasteiger partial charge is 0.469 e. The molecular formula is C24H44NO23P. The van der Waals surface area contributed by atoms with Crippen LogP contribution >= 0.6 is 7.82 Å². The van der Waals surface area contributed by atoms with Crippen molar-refractivity contribution in [3.05, 3.63) is 0 Å². The SMILES string of the molecule is N[C@H]1C(O)O[C@H](CO)[C@@H](O[C@H]2O[C@H](CO[C@H]3O[C@H](CO)[C@@H](O)[C@H](O)[C@@H]3O[C@H]3O[C@H](COP(=O)(O)O)[C@@H](O)[C@H](O)[C@@H]3O)[C@@H](O)[C@H](O)[C@@H]2O)[C@@H]1O. The van der Waals surface area contributed by atoms with Crippen LogP contribution in [0.25, 0.3) is 0 Å². The molecule has 0 aromatic carbocycles. The van der Waals surface area contributed by atoms with Gasteiger partial charge < -0.3 is 110 Å². The predicted octanol–water partition coefficient (Wildman–Crippen LogP) is -9.67. The highest BCUT2D eigenvalue weighted by Gasteiger charge is 2.53. The van der Waals surface area contributed by atoms with E-state index in [1.165, 1.54) is 0 Å². The molecule has 4 saturated heterocycles. The molecule has 4 rings (SSSR count). The van der Waals surface area contributed by atoms with E-state index in [4.69, 9.17) is 48.7 Å². The van der Waals surface area contributed by atoms with Crippen LogP contribution in [-0.4, -0.2) is 220 Å². The molecule has 288 valence electrons. The second-order valence-corrected chi connectivity index (χ2v) is 13.1. The van der Waals surface area contributed by atoms with Gasteiger partial charge in [-0.3, -0.25) is 4.52 Å². The maximum Gasteiger partial charge on any atom is 0.469 e. The molecule has 25 heteroatoms. The second-order valence-electron chi connectivity index (χ2n) is 11.9. The number of phosphoric ester groups is 1. The Morgan fingerprint density at radius 1 is 0.531 bits per heavy atom. The average Bonchev–Trinajstić information content (AvgIpc) is 3.05. The molecule has 0 aliphatic carbocycles. The fourth-order valence-electron chi connectivity index (χ4n) is 5.61. The highest BCUT2D eigenvalue weighted by molar-refractivity contribution is 7.46. The van der Waals surface area contributed by atoms with Gasteiger partial charge in [0, 0.05) is 0 Å². The van der Waals surface area contributed by atoms with Crippen LogP contribution in [0.2, 0.25) is 0 Å².